The first-order valence-corrected chi connectivity index (χ1v) is 6.10. The maximum Gasteiger partial charge on any atom is -0.00747 e. The van der Waals surface area contributed by atoms with Crippen LogP contribution in [0.25, 0.3) is 0 Å². The van der Waals surface area contributed by atoms with Gasteiger partial charge in [-0.3, -0.25) is 0 Å². The average molecular weight is 200 g/mol. The summed E-state index contributed by atoms with van der Waals surface area (Å²) in [5, 5.41) is 0. The van der Waals surface area contributed by atoms with Gasteiger partial charge in [0.15, 0.2) is 0 Å². The molecule has 0 saturated heterocycles. The predicted octanol–water partition coefficient (Wildman–Crippen LogP) is 2.52. The monoisotopic (exact) mass is 200 g/mol. The van der Waals surface area contributed by atoms with Gasteiger partial charge in [-0.15, -0.1) is 0 Å². The molecule has 0 aliphatic carbocycles. The van der Waals surface area contributed by atoms with Crippen molar-refractivity contribution in [3.05, 3.63) is 0 Å². The minimum atomic E-state index is 0.807. The molecule has 0 heterocycles. The molecule has 2 heteroatoms. The van der Waals surface area contributed by atoms with Crippen LogP contribution >= 0.6 is 0 Å². The molecule has 0 aromatic heterocycles. The van der Waals surface area contributed by atoms with Gasteiger partial charge in [-0.1, -0.05) is 33.1 Å². The van der Waals surface area contributed by atoms with Crippen LogP contribution in [0.2, 0.25) is 0 Å². The van der Waals surface area contributed by atoms with E-state index in [1.165, 1.54) is 38.5 Å². The molecule has 0 amide bonds. The van der Waals surface area contributed by atoms with Crippen LogP contribution in [0.1, 0.15) is 52.4 Å². The van der Waals surface area contributed by atoms with Crippen molar-refractivity contribution in [3.63, 3.8) is 0 Å². The maximum absolute atomic E-state index is 5.51. The summed E-state index contributed by atoms with van der Waals surface area (Å²) in [5.41, 5.74) is 11.0. The summed E-state index contributed by atoms with van der Waals surface area (Å²) in [6.07, 6.45) is 7.70. The molecule has 2 nitrogen and oxygen atoms in total. The maximum atomic E-state index is 5.51. The van der Waals surface area contributed by atoms with Crippen molar-refractivity contribution in [2.75, 3.05) is 13.1 Å². The van der Waals surface area contributed by atoms with Crippen LogP contribution < -0.4 is 11.5 Å². The highest BCUT2D eigenvalue weighted by Gasteiger charge is 2.04. The Kier molecular flexibility index (Phi) is 9.42. The Labute approximate surface area is 89.4 Å². The molecule has 0 aliphatic rings. The van der Waals surface area contributed by atoms with Crippen LogP contribution in [-0.2, 0) is 0 Å². The standard InChI is InChI=1S/C12H28N2/c1-11(7-4-9-13)5-3-6-12(2)8-10-14/h11-12H,3-10,13-14H2,1-2H3. The molecule has 0 spiro atoms. The molecular formula is C12H28N2. The number of hydrogen-bond donors (Lipinski definition) is 2. The van der Waals surface area contributed by atoms with Gasteiger partial charge in [-0.2, -0.15) is 0 Å². The molecule has 0 aromatic rings. The fraction of sp³-hybridized carbons (Fsp3) is 1.00. The highest BCUT2D eigenvalue weighted by Crippen LogP contribution is 2.17. The molecule has 86 valence electrons. The van der Waals surface area contributed by atoms with E-state index < -0.39 is 0 Å². The Balaban J connectivity index is 3.25. The molecule has 0 radical (unpaired) electrons. The molecule has 0 aliphatic heterocycles. The van der Waals surface area contributed by atoms with Gasteiger partial charge in [-0.05, 0) is 44.2 Å². The Hall–Kier alpha value is -0.0800. The van der Waals surface area contributed by atoms with Gasteiger partial charge < -0.3 is 11.5 Å². The van der Waals surface area contributed by atoms with E-state index in [9.17, 15) is 0 Å². The second-order valence-corrected chi connectivity index (χ2v) is 4.65. The summed E-state index contributed by atoms with van der Waals surface area (Å²) < 4.78 is 0. The molecule has 0 fully saturated rings. The average Bonchev–Trinajstić information content (AvgIpc) is 2.15. The summed E-state index contributed by atoms with van der Waals surface area (Å²) in [5.74, 6) is 1.66. The molecule has 4 N–H and O–H groups in total. The topological polar surface area (TPSA) is 52.0 Å². The smallest absolute Gasteiger partial charge is 0.00747 e. The summed E-state index contributed by atoms with van der Waals surface area (Å²) in [7, 11) is 0. The van der Waals surface area contributed by atoms with Crippen LogP contribution in [0.5, 0.6) is 0 Å². The van der Waals surface area contributed by atoms with E-state index in [0.717, 1.165) is 24.9 Å². The van der Waals surface area contributed by atoms with Crippen molar-refractivity contribution >= 4 is 0 Å². The zero-order valence-corrected chi connectivity index (χ0v) is 9.97. The second kappa shape index (κ2) is 9.47. The first-order chi connectivity index (χ1) is 6.70. The summed E-state index contributed by atoms with van der Waals surface area (Å²) >= 11 is 0. The molecule has 0 bridgehead atoms. The molecule has 0 saturated carbocycles. The SMILES string of the molecule is CC(CCN)CCCC(C)CCCN. The van der Waals surface area contributed by atoms with E-state index >= 15 is 0 Å². The van der Waals surface area contributed by atoms with Crippen LogP contribution in [0.15, 0.2) is 0 Å². The normalized spacial score (nSPS) is 15.4. The Bertz CT molecular complexity index is 115. The Morgan fingerprint density at radius 2 is 1.21 bits per heavy atom. The highest BCUT2D eigenvalue weighted by molar-refractivity contribution is 4.58. The largest absolute Gasteiger partial charge is 0.330 e. The van der Waals surface area contributed by atoms with Crippen molar-refractivity contribution in [2.45, 2.75) is 52.4 Å². The third-order valence-electron chi connectivity index (χ3n) is 2.95. The first-order valence-electron chi connectivity index (χ1n) is 6.10. The Morgan fingerprint density at radius 1 is 0.714 bits per heavy atom. The molecule has 0 rings (SSSR count). The summed E-state index contributed by atoms with van der Waals surface area (Å²) in [6, 6.07) is 0. The second-order valence-electron chi connectivity index (χ2n) is 4.65. The zero-order valence-electron chi connectivity index (χ0n) is 9.97. The molecule has 0 aromatic carbocycles. The van der Waals surface area contributed by atoms with Gasteiger partial charge in [0, 0.05) is 0 Å². The highest BCUT2D eigenvalue weighted by atomic mass is 14.5. The van der Waals surface area contributed by atoms with Gasteiger partial charge in [0.2, 0.25) is 0 Å². The Morgan fingerprint density at radius 3 is 1.71 bits per heavy atom. The van der Waals surface area contributed by atoms with Gasteiger partial charge in [-0.25, -0.2) is 0 Å². The first kappa shape index (κ1) is 13.9. The van der Waals surface area contributed by atoms with Crippen molar-refractivity contribution in [1.82, 2.24) is 0 Å². The minimum absolute atomic E-state index is 0.807. The van der Waals surface area contributed by atoms with Crippen LogP contribution in [0.3, 0.4) is 0 Å². The lowest BCUT2D eigenvalue weighted by molar-refractivity contribution is 0.409. The third kappa shape index (κ3) is 8.52. The van der Waals surface area contributed by atoms with Crippen molar-refractivity contribution in [3.8, 4) is 0 Å². The lowest BCUT2D eigenvalue weighted by atomic mass is 9.94. The minimum Gasteiger partial charge on any atom is -0.330 e. The van der Waals surface area contributed by atoms with E-state index in [1.807, 2.05) is 0 Å². The number of nitrogens with two attached hydrogens (primary N) is 2. The summed E-state index contributed by atoms with van der Waals surface area (Å²) in [4.78, 5) is 0. The van der Waals surface area contributed by atoms with Gasteiger partial charge in [0.1, 0.15) is 0 Å². The molecular weight excluding hydrogens is 172 g/mol. The van der Waals surface area contributed by atoms with E-state index in [2.05, 4.69) is 13.8 Å². The lowest BCUT2D eigenvalue weighted by Gasteiger charge is -2.13. The lowest BCUT2D eigenvalue weighted by Crippen LogP contribution is -2.07. The van der Waals surface area contributed by atoms with Gasteiger partial charge >= 0.3 is 0 Å². The van der Waals surface area contributed by atoms with Gasteiger partial charge in [0.05, 0.1) is 0 Å². The molecule has 14 heavy (non-hydrogen) atoms. The predicted molar refractivity (Wildman–Crippen MR) is 64.1 cm³/mol. The van der Waals surface area contributed by atoms with Crippen molar-refractivity contribution in [2.24, 2.45) is 23.3 Å². The molecule has 2 unspecified atom stereocenters. The fourth-order valence-electron chi connectivity index (χ4n) is 1.85. The van der Waals surface area contributed by atoms with E-state index in [0.29, 0.717) is 0 Å². The van der Waals surface area contributed by atoms with E-state index in [1.54, 1.807) is 0 Å². The van der Waals surface area contributed by atoms with Crippen LogP contribution in [-0.4, -0.2) is 13.1 Å². The van der Waals surface area contributed by atoms with E-state index in [-0.39, 0.29) is 0 Å². The van der Waals surface area contributed by atoms with Crippen LogP contribution in [0, 0.1) is 11.8 Å². The number of rotatable bonds is 9. The van der Waals surface area contributed by atoms with Crippen molar-refractivity contribution < 1.29 is 0 Å². The summed E-state index contributed by atoms with van der Waals surface area (Å²) in [6.45, 7) is 6.32. The van der Waals surface area contributed by atoms with Crippen LogP contribution in [0.4, 0.5) is 0 Å². The van der Waals surface area contributed by atoms with Gasteiger partial charge in [0.25, 0.3) is 0 Å². The fourth-order valence-corrected chi connectivity index (χ4v) is 1.85. The quantitative estimate of drug-likeness (QED) is 0.601. The van der Waals surface area contributed by atoms with Crippen molar-refractivity contribution in [1.29, 1.82) is 0 Å². The number of hydrogen-bond acceptors (Lipinski definition) is 2. The van der Waals surface area contributed by atoms with E-state index in [4.69, 9.17) is 11.5 Å². The third-order valence-corrected chi connectivity index (χ3v) is 2.95. The zero-order chi connectivity index (χ0) is 10.8. The molecule has 2 atom stereocenters.